The molecule has 8 heteroatoms. The van der Waals surface area contributed by atoms with Gasteiger partial charge in [-0.2, -0.15) is 0 Å². The van der Waals surface area contributed by atoms with Crippen LogP contribution in [-0.2, 0) is 14.4 Å². The van der Waals surface area contributed by atoms with Crippen molar-refractivity contribution in [3.63, 3.8) is 0 Å². The van der Waals surface area contributed by atoms with Gasteiger partial charge < -0.3 is 21.3 Å². The highest BCUT2D eigenvalue weighted by atomic mass is 16.2. The first kappa shape index (κ1) is 30.2. The Labute approximate surface area is 247 Å². The van der Waals surface area contributed by atoms with Gasteiger partial charge in [0, 0.05) is 25.7 Å². The molecule has 4 aromatic rings. The summed E-state index contributed by atoms with van der Waals surface area (Å²) in [5.41, 5.74) is 4.10. The van der Waals surface area contributed by atoms with E-state index in [0.717, 1.165) is 39.9 Å². The lowest BCUT2D eigenvalue weighted by Gasteiger charge is -2.20. The van der Waals surface area contributed by atoms with Gasteiger partial charge in [-0.25, -0.2) is 4.98 Å². The molecule has 0 bridgehead atoms. The first-order chi connectivity index (χ1) is 20.4. The lowest BCUT2D eigenvalue weighted by atomic mass is 9.95. The second-order valence-corrected chi connectivity index (χ2v) is 10.3. The van der Waals surface area contributed by atoms with E-state index in [2.05, 4.69) is 50.5 Å². The summed E-state index contributed by atoms with van der Waals surface area (Å²) in [6, 6.07) is 25.7. The number of pyridine rings is 1. The fourth-order valence-corrected chi connectivity index (χ4v) is 4.76. The summed E-state index contributed by atoms with van der Waals surface area (Å²) < 4.78 is 0. The molecule has 1 aromatic heterocycles. The van der Waals surface area contributed by atoms with Crippen LogP contribution in [0.3, 0.4) is 0 Å². The number of nitrogens with zero attached hydrogens (tertiary/aromatic N) is 1. The number of carbonyl (C=O) groups excluding carboxylic acids is 3. The number of aryl methyl sites for hydroxylation is 1. The Morgan fingerprint density at radius 3 is 2.40 bits per heavy atom. The van der Waals surface area contributed by atoms with E-state index < -0.39 is 6.04 Å². The van der Waals surface area contributed by atoms with Crippen LogP contribution in [0.25, 0.3) is 21.9 Å². The van der Waals surface area contributed by atoms with E-state index >= 15 is 0 Å². The van der Waals surface area contributed by atoms with Crippen molar-refractivity contribution in [2.24, 2.45) is 0 Å². The molecule has 0 saturated carbocycles. The van der Waals surface area contributed by atoms with E-state index in [-0.39, 0.29) is 37.1 Å². The third kappa shape index (κ3) is 8.89. The third-order valence-corrected chi connectivity index (χ3v) is 6.96. The summed E-state index contributed by atoms with van der Waals surface area (Å²) >= 11 is 0. The van der Waals surface area contributed by atoms with E-state index in [9.17, 15) is 14.4 Å². The van der Waals surface area contributed by atoms with Gasteiger partial charge >= 0.3 is 0 Å². The Kier molecular flexibility index (Phi) is 11.0. The molecular weight excluding hydrogens is 526 g/mol. The van der Waals surface area contributed by atoms with E-state index in [1.165, 1.54) is 5.39 Å². The molecule has 0 aliphatic rings. The minimum Gasteiger partial charge on any atom is -0.370 e. The topological polar surface area (TPSA) is 112 Å². The Hall–Kier alpha value is -4.72. The number of amides is 3. The van der Waals surface area contributed by atoms with Crippen molar-refractivity contribution in [3.8, 4) is 11.1 Å². The highest BCUT2D eigenvalue weighted by Crippen LogP contribution is 2.30. The predicted molar refractivity (Wildman–Crippen MR) is 168 cm³/mol. The van der Waals surface area contributed by atoms with Crippen LogP contribution in [-0.4, -0.2) is 42.3 Å². The van der Waals surface area contributed by atoms with Crippen molar-refractivity contribution in [1.82, 2.24) is 20.9 Å². The van der Waals surface area contributed by atoms with Crippen LogP contribution in [0, 0.1) is 6.92 Å². The molecule has 8 nitrogen and oxygen atoms in total. The zero-order valence-electron chi connectivity index (χ0n) is 24.3. The third-order valence-electron chi connectivity index (χ3n) is 6.96. The van der Waals surface area contributed by atoms with Gasteiger partial charge in [-0.05, 0) is 64.9 Å². The van der Waals surface area contributed by atoms with Crippen molar-refractivity contribution < 1.29 is 14.4 Å². The van der Waals surface area contributed by atoms with Crippen LogP contribution in [0.2, 0.25) is 0 Å². The number of anilines is 1. The van der Waals surface area contributed by atoms with Crippen LogP contribution < -0.4 is 21.3 Å². The minimum absolute atomic E-state index is 0.103. The number of hydrogen-bond donors (Lipinski definition) is 4. The van der Waals surface area contributed by atoms with Gasteiger partial charge in [-0.3, -0.25) is 14.4 Å². The quantitative estimate of drug-likeness (QED) is 0.155. The van der Waals surface area contributed by atoms with E-state index in [4.69, 9.17) is 0 Å². The molecule has 0 fully saturated rings. The summed E-state index contributed by atoms with van der Waals surface area (Å²) in [7, 11) is 0. The van der Waals surface area contributed by atoms with E-state index in [1.54, 1.807) is 6.20 Å². The second-order valence-electron chi connectivity index (χ2n) is 10.3. The highest BCUT2D eigenvalue weighted by molar-refractivity contribution is 5.96. The fourth-order valence-electron chi connectivity index (χ4n) is 4.76. The number of rotatable bonds is 14. The molecule has 1 atom stereocenters. The molecule has 0 radical (unpaired) electrons. The minimum atomic E-state index is -0.529. The lowest BCUT2D eigenvalue weighted by Crippen LogP contribution is -2.40. The summed E-state index contributed by atoms with van der Waals surface area (Å²) in [5, 5.41) is 14.0. The van der Waals surface area contributed by atoms with Gasteiger partial charge in [0.25, 0.3) is 0 Å². The Bertz CT molecular complexity index is 1500. The van der Waals surface area contributed by atoms with Crippen molar-refractivity contribution >= 4 is 34.3 Å². The summed E-state index contributed by atoms with van der Waals surface area (Å²) in [6.45, 7) is 5.00. The molecule has 218 valence electrons. The van der Waals surface area contributed by atoms with Gasteiger partial charge in [-0.1, -0.05) is 73.7 Å². The molecular formula is C34H39N5O3. The van der Waals surface area contributed by atoms with E-state index in [1.807, 2.05) is 68.4 Å². The van der Waals surface area contributed by atoms with Gasteiger partial charge in [-0.15, -0.1) is 0 Å². The normalized spacial score (nSPS) is 11.5. The summed E-state index contributed by atoms with van der Waals surface area (Å²) in [4.78, 5) is 42.0. The Morgan fingerprint density at radius 2 is 1.62 bits per heavy atom. The predicted octanol–water partition coefficient (Wildman–Crippen LogP) is 5.29. The van der Waals surface area contributed by atoms with Gasteiger partial charge in [0.15, 0.2) is 0 Å². The summed E-state index contributed by atoms with van der Waals surface area (Å²) in [5.74, 6) is 0.0755. The lowest BCUT2D eigenvalue weighted by molar-refractivity contribution is -0.127. The average molecular weight is 566 g/mol. The maximum atomic E-state index is 12.8. The van der Waals surface area contributed by atoms with Crippen LogP contribution in [0.5, 0.6) is 0 Å². The van der Waals surface area contributed by atoms with Gasteiger partial charge in [0.1, 0.15) is 5.82 Å². The number of hydrogen-bond acceptors (Lipinski definition) is 5. The molecule has 0 unspecified atom stereocenters. The van der Waals surface area contributed by atoms with Crippen LogP contribution >= 0.6 is 0 Å². The highest BCUT2D eigenvalue weighted by Gasteiger charge is 2.19. The smallest absolute Gasteiger partial charge is 0.239 e. The van der Waals surface area contributed by atoms with Crippen molar-refractivity contribution in [3.05, 3.63) is 96.2 Å². The first-order valence-electron chi connectivity index (χ1n) is 14.5. The van der Waals surface area contributed by atoms with Crippen LogP contribution in [0.1, 0.15) is 49.8 Å². The van der Waals surface area contributed by atoms with Gasteiger partial charge in [0.2, 0.25) is 17.7 Å². The zero-order chi connectivity index (χ0) is 29.7. The standard InChI is InChI=1S/C34H39N5O3/c1-3-18-37-33(41)22-30(27-15-13-26(14-16-27)29-11-6-9-25-8-4-5-10-28(25)29)39-34(42)23-38-32(40)12-7-19-35-31-21-24(2)17-20-36-31/h4-6,8-11,13-17,20-21,30H,3,7,12,18-19,22-23H2,1-2H3,(H,35,36)(H,37,41)(H,38,40)(H,39,42)/t30-/m0/s1. The number of carbonyl (C=O) groups is 3. The Morgan fingerprint density at radius 1 is 0.833 bits per heavy atom. The number of fused-ring (bicyclic) bond motifs is 1. The van der Waals surface area contributed by atoms with E-state index in [0.29, 0.717) is 19.5 Å². The molecule has 0 aliphatic heterocycles. The molecule has 4 N–H and O–H groups in total. The Balaban J connectivity index is 1.34. The van der Waals surface area contributed by atoms with Crippen molar-refractivity contribution in [2.75, 3.05) is 25.0 Å². The molecule has 0 aliphatic carbocycles. The van der Waals surface area contributed by atoms with Crippen molar-refractivity contribution in [2.45, 2.75) is 45.6 Å². The maximum Gasteiger partial charge on any atom is 0.239 e. The largest absolute Gasteiger partial charge is 0.370 e. The van der Waals surface area contributed by atoms with Gasteiger partial charge in [0.05, 0.1) is 19.0 Å². The van der Waals surface area contributed by atoms with Crippen molar-refractivity contribution in [1.29, 1.82) is 0 Å². The second kappa shape index (κ2) is 15.3. The SMILES string of the molecule is CCCNC(=O)C[C@H](NC(=O)CNC(=O)CCCNc1cc(C)ccn1)c1ccc(-c2cccc3ccccc23)cc1. The zero-order valence-corrected chi connectivity index (χ0v) is 24.3. The maximum absolute atomic E-state index is 12.8. The molecule has 1 heterocycles. The number of nitrogens with one attached hydrogen (secondary N) is 4. The molecule has 3 aromatic carbocycles. The molecule has 42 heavy (non-hydrogen) atoms. The average Bonchev–Trinajstić information content (AvgIpc) is 3.00. The molecule has 4 rings (SSSR count). The summed E-state index contributed by atoms with van der Waals surface area (Å²) in [6.07, 6.45) is 3.55. The fraction of sp³-hybridized carbons (Fsp3) is 0.294. The van der Waals surface area contributed by atoms with Crippen LogP contribution in [0.15, 0.2) is 85.1 Å². The number of aromatic nitrogens is 1. The molecule has 0 spiro atoms. The van der Waals surface area contributed by atoms with Crippen LogP contribution in [0.4, 0.5) is 5.82 Å². The molecule has 3 amide bonds. The first-order valence-corrected chi connectivity index (χ1v) is 14.5. The molecule has 0 saturated heterocycles. The monoisotopic (exact) mass is 565 g/mol. The number of benzene rings is 3.